The summed E-state index contributed by atoms with van der Waals surface area (Å²) in [6, 6.07) is 11.5. The van der Waals surface area contributed by atoms with E-state index in [1.54, 1.807) is 41.4 Å². The fraction of sp³-hybridized carbons (Fsp3) is 0.544. The Balaban J connectivity index is 0.670. The highest BCUT2D eigenvalue weighted by molar-refractivity contribution is 6.04. The predicted octanol–water partition coefficient (Wildman–Crippen LogP) is 7.73. The number of carbonyl (C=O) groups is 2. The number of rotatable bonds is 12. The molecule has 15 nitrogen and oxygen atoms in total. The lowest BCUT2D eigenvalue weighted by atomic mass is 9.57. The zero-order valence-electron chi connectivity index (χ0n) is 42.8. The summed E-state index contributed by atoms with van der Waals surface area (Å²) in [5.74, 6) is -0.287. The number of aromatic hydroxyl groups is 1. The summed E-state index contributed by atoms with van der Waals surface area (Å²) in [6.45, 7) is 12.9. The molecular formula is C57H67F2N9O6. The molecule has 3 aliphatic carbocycles. The van der Waals surface area contributed by atoms with Crippen molar-refractivity contribution in [2.24, 2.45) is 23.8 Å². The normalized spacial score (nSPS) is 23.6. The van der Waals surface area contributed by atoms with E-state index in [2.05, 4.69) is 31.8 Å². The largest absolute Gasteiger partial charge is 0.508 e. The van der Waals surface area contributed by atoms with Crippen molar-refractivity contribution in [3.8, 4) is 23.0 Å². The third-order valence-electron chi connectivity index (χ3n) is 17.8. The number of ether oxygens (including phenoxy) is 1. The number of hydrogen-bond donors (Lipinski definition) is 2. The third-order valence-corrected chi connectivity index (χ3v) is 17.8. The Bertz CT molecular complexity index is 3270. The molecule has 0 amide bonds. The van der Waals surface area contributed by atoms with Crippen LogP contribution in [0.3, 0.4) is 0 Å². The Morgan fingerprint density at radius 1 is 0.865 bits per heavy atom. The maximum absolute atomic E-state index is 17.2. The molecule has 0 bridgehead atoms. The molecule has 1 spiro atoms. The highest BCUT2D eigenvalue weighted by atomic mass is 19.1. The van der Waals surface area contributed by atoms with Gasteiger partial charge in [0.25, 0.3) is 0 Å². The molecular weight excluding hydrogens is 945 g/mol. The zero-order chi connectivity index (χ0) is 51.3. The molecule has 12 rings (SSSR count). The molecule has 1 unspecified atom stereocenters. The van der Waals surface area contributed by atoms with Gasteiger partial charge in [-0.3, -0.25) is 28.6 Å². The number of aliphatic hydroxyl groups is 1. The number of imidazole rings is 1. The standard InChI is InChI=1S/C57H67F2N9O6/c1-4-40-43(58)9-6-36-24-39(70)26-41(48(36)40)50-49(59)51-42(30-60-50)52(67-17-5-12-55(2,73)32-67)62-53(61-51)74-34-57(13-14-57)33-65-18-15-56(16-19-65)28-35(29-56)31-64-20-22-66(23-21-64)37-7-10-44-46(25-37)63(3)54(72)68(44)45-11-8-38(69)27-47(45)71/h6-7,9-10,24-26,30,35,45,70,73H,4-5,8,11-23,27-29,31-34H2,1-3H3/t45?,55-/m1/s1. The van der Waals surface area contributed by atoms with Gasteiger partial charge in [-0.1, -0.05) is 13.0 Å². The molecule has 74 heavy (non-hydrogen) atoms. The van der Waals surface area contributed by atoms with Crippen molar-refractivity contribution < 1.29 is 33.3 Å². The minimum atomic E-state index is -0.962. The number of carbonyl (C=O) groups excluding carboxylic acids is 2. The molecule has 6 aliphatic rings. The quantitative estimate of drug-likeness (QED) is 0.115. The molecule has 0 radical (unpaired) electrons. The van der Waals surface area contributed by atoms with Gasteiger partial charge in [0.1, 0.15) is 34.4 Å². The number of phenolic OH excluding ortho intramolecular Hbond substituents is 1. The van der Waals surface area contributed by atoms with E-state index < -0.39 is 23.3 Å². The monoisotopic (exact) mass is 1010 g/mol. The first kappa shape index (κ1) is 48.9. The molecule has 3 saturated heterocycles. The number of β-amino-alcohol motifs (C(OH)–C–C–N with tert-alkyl or cyclic N) is 1. The van der Waals surface area contributed by atoms with Crippen LogP contribution in [0.15, 0.2) is 53.5 Å². The van der Waals surface area contributed by atoms with Crippen LogP contribution in [0.2, 0.25) is 0 Å². The lowest BCUT2D eigenvalue weighted by Crippen LogP contribution is -2.53. The molecule has 3 saturated carbocycles. The minimum Gasteiger partial charge on any atom is -0.508 e. The third kappa shape index (κ3) is 8.99. The second kappa shape index (κ2) is 18.7. The van der Waals surface area contributed by atoms with E-state index >= 15 is 8.78 Å². The first-order valence-electron chi connectivity index (χ1n) is 26.9. The Hall–Kier alpha value is -6.04. The number of halogens is 2. The van der Waals surface area contributed by atoms with Crippen molar-refractivity contribution in [2.45, 2.75) is 103 Å². The molecule has 3 aliphatic heterocycles. The van der Waals surface area contributed by atoms with Gasteiger partial charge in [0, 0.05) is 88.7 Å². The summed E-state index contributed by atoms with van der Waals surface area (Å²) >= 11 is 0. The van der Waals surface area contributed by atoms with E-state index in [1.165, 1.54) is 37.8 Å². The van der Waals surface area contributed by atoms with Gasteiger partial charge < -0.3 is 29.6 Å². The summed E-state index contributed by atoms with van der Waals surface area (Å²) in [5, 5.41) is 23.3. The van der Waals surface area contributed by atoms with E-state index in [0.29, 0.717) is 84.3 Å². The summed E-state index contributed by atoms with van der Waals surface area (Å²) in [6.07, 6.45) is 10.8. The number of nitrogens with zero attached hydrogens (tertiary/aromatic N) is 9. The predicted molar refractivity (Wildman–Crippen MR) is 280 cm³/mol. The summed E-state index contributed by atoms with van der Waals surface area (Å²) in [4.78, 5) is 61.8. The van der Waals surface area contributed by atoms with Crippen LogP contribution in [0.25, 0.3) is 44.0 Å². The number of aromatic nitrogens is 5. The van der Waals surface area contributed by atoms with Crippen molar-refractivity contribution in [1.82, 2.24) is 33.9 Å². The lowest BCUT2D eigenvalue weighted by Gasteiger charge is -2.54. The van der Waals surface area contributed by atoms with E-state index in [-0.39, 0.29) is 57.6 Å². The van der Waals surface area contributed by atoms with Gasteiger partial charge in [0.2, 0.25) is 0 Å². The topological polar surface area (TPSA) is 162 Å². The SMILES string of the molecule is CCc1c(F)ccc2cc(O)cc(-c3ncc4c(N5CCC[C@@](C)(O)C5)nc(OCC5(CN6CCC7(CC6)CC(CN6CCN(c8ccc9c(c8)n(C)c(=O)n9C8CCC(=O)CC8=O)CC6)C7)CC5)nc4c3F)c12. The second-order valence-electron chi connectivity index (χ2n) is 23.3. The number of fused-ring (bicyclic) bond motifs is 3. The Labute approximate surface area is 429 Å². The van der Waals surface area contributed by atoms with Crippen LogP contribution in [0.1, 0.15) is 96.1 Å². The summed E-state index contributed by atoms with van der Waals surface area (Å²) in [5.41, 5.74) is 2.48. The molecule has 6 heterocycles. The molecule has 17 heteroatoms. The van der Waals surface area contributed by atoms with Gasteiger partial charge in [-0.15, -0.1) is 0 Å². The van der Waals surface area contributed by atoms with E-state index in [0.717, 1.165) is 88.3 Å². The first-order chi connectivity index (χ1) is 35.6. The Kier molecular flexibility index (Phi) is 12.3. The van der Waals surface area contributed by atoms with Gasteiger partial charge in [-0.2, -0.15) is 9.97 Å². The van der Waals surface area contributed by atoms with Gasteiger partial charge in [0.05, 0.1) is 41.1 Å². The molecule has 2 atom stereocenters. The van der Waals surface area contributed by atoms with Crippen molar-refractivity contribution in [2.75, 3.05) is 81.9 Å². The fourth-order valence-corrected chi connectivity index (χ4v) is 13.6. The highest BCUT2D eigenvalue weighted by Crippen LogP contribution is 2.54. The number of Topliss-reactive ketones (excluding diaryl/α,β-unsaturated/α-hetero) is 2. The number of benzene rings is 3. The average molecular weight is 1010 g/mol. The average Bonchev–Trinajstić information content (AvgIpc) is 4.10. The zero-order valence-corrected chi connectivity index (χ0v) is 42.8. The van der Waals surface area contributed by atoms with Crippen LogP contribution < -0.4 is 20.2 Å². The van der Waals surface area contributed by atoms with Gasteiger partial charge >= 0.3 is 11.7 Å². The number of anilines is 2. The number of hydrogen-bond acceptors (Lipinski definition) is 13. The van der Waals surface area contributed by atoms with E-state index in [9.17, 15) is 24.6 Å². The van der Waals surface area contributed by atoms with Crippen molar-refractivity contribution in [3.05, 3.63) is 76.3 Å². The maximum atomic E-state index is 17.2. The number of ketones is 2. The van der Waals surface area contributed by atoms with Crippen LogP contribution in [-0.2, 0) is 23.1 Å². The van der Waals surface area contributed by atoms with E-state index in [4.69, 9.17) is 14.7 Å². The molecule has 3 aromatic carbocycles. The van der Waals surface area contributed by atoms with Crippen LogP contribution in [0.4, 0.5) is 20.3 Å². The molecule has 6 aromatic rings. The van der Waals surface area contributed by atoms with Gasteiger partial charge in [-0.25, -0.2) is 13.6 Å². The molecule has 390 valence electrons. The number of piperazine rings is 1. The number of phenols is 1. The Morgan fingerprint density at radius 2 is 1.65 bits per heavy atom. The highest BCUT2D eigenvalue weighted by Gasteiger charge is 2.50. The second-order valence-corrected chi connectivity index (χ2v) is 23.3. The van der Waals surface area contributed by atoms with Crippen LogP contribution >= 0.6 is 0 Å². The van der Waals surface area contributed by atoms with Crippen LogP contribution in [-0.4, -0.2) is 133 Å². The van der Waals surface area contributed by atoms with Crippen molar-refractivity contribution in [1.29, 1.82) is 0 Å². The smallest absolute Gasteiger partial charge is 0.329 e. The molecule has 3 aromatic heterocycles. The van der Waals surface area contributed by atoms with Crippen molar-refractivity contribution >= 4 is 55.8 Å². The van der Waals surface area contributed by atoms with Crippen molar-refractivity contribution in [3.63, 3.8) is 0 Å². The number of likely N-dealkylation sites (tertiary alicyclic amines) is 1. The number of aryl methyl sites for hydroxylation is 2. The van der Waals surface area contributed by atoms with E-state index in [1.807, 2.05) is 17.9 Å². The minimum absolute atomic E-state index is 0.0191. The van der Waals surface area contributed by atoms with Gasteiger partial charge in [0.15, 0.2) is 11.6 Å². The number of pyridine rings is 1. The van der Waals surface area contributed by atoms with Crippen LogP contribution in [0, 0.1) is 28.4 Å². The summed E-state index contributed by atoms with van der Waals surface area (Å²) < 4.78 is 42.1. The molecule has 2 N–H and O–H groups in total. The maximum Gasteiger partial charge on any atom is 0.329 e. The first-order valence-corrected chi connectivity index (χ1v) is 26.9. The van der Waals surface area contributed by atoms with Crippen LogP contribution in [0.5, 0.6) is 11.8 Å². The summed E-state index contributed by atoms with van der Waals surface area (Å²) in [7, 11) is 1.76. The lowest BCUT2D eigenvalue weighted by molar-refractivity contribution is -0.132. The Morgan fingerprint density at radius 3 is 2.38 bits per heavy atom. The number of piperidine rings is 2. The van der Waals surface area contributed by atoms with Gasteiger partial charge in [-0.05, 0) is 148 Å². The molecule has 6 fully saturated rings. The fourth-order valence-electron chi connectivity index (χ4n) is 13.6.